The summed E-state index contributed by atoms with van der Waals surface area (Å²) in [6.45, 7) is 0.883. The van der Waals surface area contributed by atoms with Crippen LogP contribution in [0.5, 0.6) is 11.6 Å². The number of ether oxygens (including phenoxy) is 2. The fraction of sp³-hybridized carbons (Fsp3) is 0.348. The van der Waals surface area contributed by atoms with Crippen molar-refractivity contribution in [1.29, 1.82) is 0 Å². The summed E-state index contributed by atoms with van der Waals surface area (Å²) in [7, 11) is 2.98. The molecule has 31 heavy (non-hydrogen) atoms. The van der Waals surface area contributed by atoms with Crippen molar-refractivity contribution in [3.63, 3.8) is 0 Å². The number of rotatable bonds is 5. The maximum atomic E-state index is 14.7. The van der Waals surface area contributed by atoms with Crippen molar-refractivity contribution in [2.75, 3.05) is 39.2 Å². The first-order valence-corrected chi connectivity index (χ1v) is 10.2. The molecule has 1 atom stereocenters. The van der Waals surface area contributed by atoms with Gasteiger partial charge in [-0.2, -0.15) is 0 Å². The van der Waals surface area contributed by atoms with Crippen LogP contribution < -0.4 is 14.8 Å². The second kappa shape index (κ2) is 8.75. The second-order valence-electron chi connectivity index (χ2n) is 7.50. The largest absolute Gasteiger partial charge is 0.495 e. The van der Waals surface area contributed by atoms with Crippen LogP contribution in [0.3, 0.4) is 0 Å². The highest BCUT2D eigenvalue weighted by atomic mass is 19.1. The van der Waals surface area contributed by atoms with Gasteiger partial charge in [0.1, 0.15) is 17.3 Å². The van der Waals surface area contributed by atoms with Gasteiger partial charge < -0.3 is 19.7 Å². The van der Waals surface area contributed by atoms with Gasteiger partial charge in [-0.25, -0.2) is 9.37 Å². The molecule has 1 amide bonds. The van der Waals surface area contributed by atoms with Crippen LogP contribution in [0.25, 0.3) is 5.83 Å². The lowest BCUT2D eigenvalue weighted by molar-refractivity contribution is -0.145. The molecule has 162 valence electrons. The van der Waals surface area contributed by atoms with E-state index < -0.39 is 17.6 Å². The Kier molecular flexibility index (Phi) is 5.88. The fourth-order valence-corrected chi connectivity index (χ4v) is 4.15. The SMILES string of the molecule is COc1cnc(OC)c2c1C(C(=O)C(=O)N1CCC(=C(F)c3ccccc3)CC1)CN2. The minimum atomic E-state index is -0.688. The van der Waals surface area contributed by atoms with E-state index in [1.165, 1.54) is 25.3 Å². The van der Waals surface area contributed by atoms with Gasteiger partial charge in [0.25, 0.3) is 5.91 Å². The van der Waals surface area contributed by atoms with Crippen molar-refractivity contribution < 1.29 is 23.5 Å². The van der Waals surface area contributed by atoms with E-state index in [1.54, 1.807) is 24.3 Å². The predicted molar refractivity (Wildman–Crippen MR) is 114 cm³/mol. The van der Waals surface area contributed by atoms with E-state index in [0.29, 0.717) is 59.9 Å². The zero-order valence-electron chi connectivity index (χ0n) is 17.5. The van der Waals surface area contributed by atoms with Gasteiger partial charge in [0, 0.05) is 30.8 Å². The highest BCUT2D eigenvalue weighted by molar-refractivity contribution is 6.38. The van der Waals surface area contributed by atoms with Gasteiger partial charge in [0.15, 0.2) is 0 Å². The van der Waals surface area contributed by atoms with Crippen LogP contribution in [0.15, 0.2) is 42.1 Å². The molecule has 1 aromatic carbocycles. The van der Waals surface area contributed by atoms with Crippen LogP contribution in [0, 0.1) is 0 Å². The van der Waals surface area contributed by atoms with Crippen LogP contribution in [0.2, 0.25) is 0 Å². The van der Waals surface area contributed by atoms with Gasteiger partial charge in [-0.15, -0.1) is 0 Å². The van der Waals surface area contributed by atoms with Crippen molar-refractivity contribution in [3.8, 4) is 11.6 Å². The smallest absolute Gasteiger partial charge is 0.290 e. The highest BCUT2D eigenvalue weighted by Gasteiger charge is 2.39. The zero-order valence-corrected chi connectivity index (χ0v) is 17.5. The van der Waals surface area contributed by atoms with Gasteiger partial charge in [-0.05, 0) is 18.4 Å². The lowest BCUT2D eigenvalue weighted by Crippen LogP contribution is -2.42. The van der Waals surface area contributed by atoms with Gasteiger partial charge in [-0.1, -0.05) is 30.3 Å². The van der Waals surface area contributed by atoms with E-state index in [9.17, 15) is 14.0 Å². The molecule has 0 spiro atoms. The van der Waals surface area contributed by atoms with E-state index in [2.05, 4.69) is 10.3 Å². The average Bonchev–Trinajstić information content (AvgIpc) is 3.28. The van der Waals surface area contributed by atoms with Crippen LogP contribution in [-0.4, -0.2) is 55.4 Å². The molecule has 1 N–H and O–H groups in total. The normalized spacial score (nSPS) is 17.6. The maximum Gasteiger partial charge on any atom is 0.290 e. The van der Waals surface area contributed by atoms with E-state index >= 15 is 0 Å². The molecule has 7 nitrogen and oxygen atoms in total. The number of benzene rings is 1. The number of hydrogen-bond donors (Lipinski definition) is 1. The summed E-state index contributed by atoms with van der Waals surface area (Å²) in [6.07, 6.45) is 2.29. The molecule has 0 saturated carbocycles. The topological polar surface area (TPSA) is 80.8 Å². The summed E-state index contributed by atoms with van der Waals surface area (Å²) in [6, 6.07) is 8.87. The molecule has 1 fully saturated rings. The van der Waals surface area contributed by atoms with Gasteiger partial charge >= 0.3 is 0 Å². The number of Topliss-reactive ketones (excluding diaryl/α,β-unsaturated/α-hetero) is 1. The number of likely N-dealkylation sites (tertiary alicyclic amines) is 1. The van der Waals surface area contributed by atoms with Gasteiger partial charge in [0.2, 0.25) is 11.7 Å². The van der Waals surface area contributed by atoms with E-state index in [0.717, 1.165) is 0 Å². The predicted octanol–water partition coefficient (Wildman–Crippen LogP) is 3.18. The van der Waals surface area contributed by atoms with Crippen LogP contribution in [-0.2, 0) is 9.59 Å². The van der Waals surface area contributed by atoms with Crippen molar-refractivity contribution in [2.24, 2.45) is 0 Å². The molecular formula is C23H24FN3O4. The average molecular weight is 425 g/mol. The molecule has 2 aromatic rings. The monoisotopic (exact) mass is 425 g/mol. The number of hydrogen-bond acceptors (Lipinski definition) is 6. The minimum Gasteiger partial charge on any atom is -0.495 e. The Balaban J connectivity index is 1.49. The summed E-state index contributed by atoms with van der Waals surface area (Å²) < 4.78 is 25.4. The molecule has 0 radical (unpaired) electrons. The van der Waals surface area contributed by atoms with Crippen molar-refractivity contribution in [2.45, 2.75) is 18.8 Å². The Labute approximate surface area is 179 Å². The van der Waals surface area contributed by atoms with E-state index in [4.69, 9.17) is 9.47 Å². The van der Waals surface area contributed by atoms with Crippen molar-refractivity contribution in [1.82, 2.24) is 9.88 Å². The van der Waals surface area contributed by atoms with Gasteiger partial charge in [-0.3, -0.25) is 9.59 Å². The maximum absolute atomic E-state index is 14.7. The third-order valence-electron chi connectivity index (χ3n) is 5.81. The first-order valence-electron chi connectivity index (χ1n) is 10.2. The number of halogens is 1. The summed E-state index contributed by atoms with van der Waals surface area (Å²) in [4.78, 5) is 31.7. The van der Waals surface area contributed by atoms with Crippen LogP contribution in [0.1, 0.15) is 29.9 Å². The summed E-state index contributed by atoms with van der Waals surface area (Å²) >= 11 is 0. The van der Waals surface area contributed by atoms with Crippen molar-refractivity contribution in [3.05, 3.63) is 53.2 Å². The lowest BCUT2D eigenvalue weighted by Gasteiger charge is -2.29. The van der Waals surface area contributed by atoms with E-state index in [1.807, 2.05) is 6.07 Å². The van der Waals surface area contributed by atoms with Crippen LogP contribution in [0.4, 0.5) is 10.1 Å². The Morgan fingerprint density at radius 3 is 2.48 bits per heavy atom. The summed E-state index contributed by atoms with van der Waals surface area (Å²) in [5.41, 5.74) is 2.37. The Morgan fingerprint density at radius 1 is 1.13 bits per heavy atom. The molecule has 1 aromatic heterocycles. The van der Waals surface area contributed by atoms with Crippen LogP contribution >= 0.6 is 0 Å². The van der Waals surface area contributed by atoms with Gasteiger partial charge in [0.05, 0.1) is 26.3 Å². The van der Waals surface area contributed by atoms with E-state index in [-0.39, 0.29) is 12.4 Å². The molecule has 4 rings (SSSR count). The summed E-state index contributed by atoms with van der Waals surface area (Å²) in [5.74, 6) is -1.22. The summed E-state index contributed by atoms with van der Waals surface area (Å²) in [5, 5.41) is 3.11. The number of methoxy groups -OCH3 is 2. The number of nitrogens with zero attached hydrogens (tertiary/aromatic N) is 2. The minimum absolute atomic E-state index is 0.239. The molecule has 0 aliphatic carbocycles. The number of ketones is 1. The number of carbonyl (C=O) groups is 2. The second-order valence-corrected chi connectivity index (χ2v) is 7.50. The molecule has 1 unspecified atom stereocenters. The number of aromatic nitrogens is 1. The quantitative estimate of drug-likeness (QED) is 0.742. The number of nitrogens with one attached hydrogen (secondary N) is 1. The molecule has 0 bridgehead atoms. The number of piperidine rings is 1. The highest BCUT2D eigenvalue weighted by Crippen LogP contribution is 2.43. The standard InChI is InChI=1S/C23H24FN3O4/c1-30-17-13-26-22(31-2)20-18(17)16(12-25-20)21(28)23(29)27-10-8-15(9-11-27)19(24)14-6-4-3-5-7-14/h3-7,13,16,25H,8-12H2,1-2H3. The molecule has 3 heterocycles. The third kappa shape index (κ3) is 3.85. The molecule has 8 heteroatoms. The Morgan fingerprint density at radius 2 is 1.84 bits per heavy atom. The molecule has 2 aliphatic rings. The first kappa shape index (κ1) is 20.8. The number of carbonyl (C=O) groups excluding carboxylic acids is 2. The molecule has 2 aliphatic heterocycles. The Bertz CT molecular complexity index is 1030. The zero-order chi connectivity index (χ0) is 22.0. The van der Waals surface area contributed by atoms with Crippen molar-refractivity contribution >= 4 is 23.2 Å². The molecular weight excluding hydrogens is 401 g/mol. The number of fused-ring (bicyclic) bond motifs is 1. The molecule has 1 saturated heterocycles. The first-order chi connectivity index (χ1) is 15.0. The fourth-order valence-electron chi connectivity index (χ4n) is 4.15. The number of pyridine rings is 1. The Hall–Kier alpha value is -3.42. The number of anilines is 1. The lowest BCUT2D eigenvalue weighted by atomic mass is 9.94. The number of amides is 1. The third-order valence-corrected chi connectivity index (χ3v) is 5.81.